The van der Waals surface area contributed by atoms with Crippen LogP contribution >= 0.6 is 11.3 Å². The summed E-state index contributed by atoms with van der Waals surface area (Å²) in [6.07, 6.45) is 1.28. The maximum Gasteiger partial charge on any atom is 0.326 e. The van der Waals surface area contributed by atoms with E-state index in [1.54, 1.807) is 0 Å². The lowest BCUT2D eigenvalue weighted by Crippen LogP contribution is -2.40. The highest BCUT2D eigenvalue weighted by Gasteiger charge is 2.36. The lowest BCUT2D eigenvalue weighted by molar-refractivity contribution is -0.141. The van der Waals surface area contributed by atoms with Crippen molar-refractivity contribution in [2.75, 3.05) is 6.54 Å². The van der Waals surface area contributed by atoms with Crippen molar-refractivity contribution in [3.05, 3.63) is 15.6 Å². The third-order valence-corrected chi connectivity index (χ3v) is 5.00. The Labute approximate surface area is 122 Å². The molecule has 20 heavy (non-hydrogen) atoms. The van der Waals surface area contributed by atoms with E-state index < -0.39 is 12.0 Å². The Bertz CT molecular complexity index is 545. The second kappa shape index (κ2) is 5.16. The molecule has 1 saturated heterocycles. The third kappa shape index (κ3) is 2.70. The van der Waals surface area contributed by atoms with Gasteiger partial charge in [-0.05, 0) is 19.8 Å². The van der Waals surface area contributed by atoms with Crippen LogP contribution in [-0.4, -0.2) is 39.5 Å². The average molecular weight is 296 g/mol. The summed E-state index contributed by atoms with van der Waals surface area (Å²) in [6, 6.07) is -0.693. The first-order valence-electron chi connectivity index (χ1n) is 6.73. The maximum atomic E-state index is 12.6. The molecular formula is C14H20N2O3S. The van der Waals surface area contributed by atoms with Gasteiger partial charge < -0.3 is 10.0 Å². The van der Waals surface area contributed by atoms with E-state index in [-0.39, 0.29) is 11.3 Å². The highest BCUT2D eigenvalue weighted by molar-refractivity contribution is 7.14. The number of nitrogens with zero attached hydrogens (tertiary/aromatic N) is 2. The van der Waals surface area contributed by atoms with Gasteiger partial charge in [0, 0.05) is 12.0 Å². The third-order valence-electron chi connectivity index (χ3n) is 3.43. The number of carbonyl (C=O) groups excluding carboxylic acids is 1. The fourth-order valence-electron chi connectivity index (χ4n) is 2.31. The topological polar surface area (TPSA) is 70.5 Å². The van der Waals surface area contributed by atoms with Crippen LogP contribution in [0.15, 0.2) is 0 Å². The van der Waals surface area contributed by atoms with Gasteiger partial charge in [0.15, 0.2) is 0 Å². The molecule has 110 valence electrons. The zero-order chi connectivity index (χ0) is 15.1. The molecule has 0 bridgehead atoms. The van der Waals surface area contributed by atoms with Crippen LogP contribution in [0.4, 0.5) is 0 Å². The van der Waals surface area contributed by atoms with Crippen LogP contribution in [0.2, 0.25) is 0 Å². The van der Waals surface area contributed by atoms with Crippen molar-refractivity contribution in [2.45, 2.75) is 52.0 Å². The molecule has 1 amide bonds. The smallest absolute Gasteiger partial charge is 0.326 e. The molecule has 0 aliphatic carbocycles. The maximum absolute atomic E-state index is 12.6. The van der Waals surface area contributed by atoms with Crippen LogP contribution in [0, 0.1) is 6.92 Å². The predicted octanol–water partition coefficient (Wildman–Crippen LogP) is 2.44. The molecule has 1 aromatic rings. The SMILES string of the molecule is Cc1nc(C(C)(C)C)sc1C(=O)N1CCCC1C(=O)O. The summed E-state index contributed by atoms with van der Waals surface area (Å²) in [4.78, 5) is 30.3. The Morgan fingerprint density at radius 2 is 2.05 bits per heavy atom. The monoisotopic (exact) mass is 296 g/mol. The Morgan fingerprint density at radius 1 is 1.40 bits per heavy atom. The minimum Gasteiger partial charge on any atom is -0.480 e. The molecule has 2 rings (SSSR count). The van der Waals surface area contributed by atoms with Gasteiger partial charge in [0.2, 0.25) is 0 Å². The first kappa shape index (κ1) is 15.0. The van der Waals surface area contributed by atoms with Gasteiger partial charge in [-0.3, -0.25) is 4.79 Å². The molecule has 1 aliphatic rings. The van der Waals surface area contributed by atoms with Crippen molar-refractivity contribution in [3.63, 3.8) is 0 Å². The number of aryl methyl sites for hydroxylation is 1. The summed E-state index contributed by atoms with van der Waals surface area (Å²) in [5.41, 5.74) is 0.589. The molecule has 0 aromatic carbocycles. The standard InChI is InChI=1S/C14H20N2O3S/c1-8-10(20-13(15-8)14(2,3)4)11(17)16-7-5-6-9(16)12(18)19/h9H,5-7H2,1-4H3,(H,18,19). The number of thiazole rings is 1. The van der Waals surface area contributed by atoms with Gasteiger partial charge in [0.05, 0.1) is 10.7 Å². The summed E-state index contributed by atoms with van der Waals surface area (Å²) < 4.78 is 0. The molecule has 1 N–H and O–H groups in total. The number of hydrogen-bond acceptors (Lipinski definition) is 4. The van der Waals surface area contributed by atoms with Crippen molar-refractivity contribution in [2.24, 2.45) is 0 Å². The summed E-state index contributed by atoms with van der Waals surface area (Å²) in [7, 11) is 0. The van der Waals surface area contributed by atoms with E-state index >= 15 is 0 Å². The second-order valence-electron chi connectivity index (χ2n) is 6.18. The summed E-state index contributed by atoms with van der Waals surface area (Å²) in [5, 5.41) is 10.1. The fraction of sp³-hybridized carbons (Fsp3) is 0.643. The first-order valence-corrected chi connectivity index (χ1v) is 7.55. The van der Waals surface area contributed by atoms with E-state index in [2.05, 4.69) is 25.8 Å². The van der Waals surface area contributed by atoms with Crippen LogP contribution in [-0.2, 0) is 10.2 Å². The molecule has 1 unspecified atom stereocenters. The highest BCUT2D eigenvalue weighted by atomic mass is 32.1. The molecule has 1 atom stereocenters. The van der Waals surface area contributed by atoms with Crippen LogP contribution in [0.3, 0.4) is 0 Å². The summed E-state index contributed by atoms with van der Waals surface area (Å²) >= 11 is 1.38. The number of amides is 1. The number of aromatic nitrogens is 1. The molecule has 5 nitrogen and oxygen atoms in total. The van der Waals surface area contributed by atoms with Crippen LogP contribution in [0.1, 0.15) is 54.0 Å². The molecule has 1 aliphatic heterocycles. The van der Waals surface area contributed by atoms with Gasteiger partial charge in [-0.2, -0.15) is 0 Å². The van der Waals surface area contributed by atoms with Crippen molar-refractivity contribution in [1.82, 2.24) is 9.88 Å². The van der Waals surface area contributed by atoms with E-state index in [0.29, 0.717) is 23.5 Å². The van der Waals surface area contributed by atoms with Crippen molar-refractivity contribution in [3.8, 4) is 0 Å². The highest BCUT2D eigenvalue weighted by Crippen LogP contribution is 2.31. The van der Waals surface area contributed by atoms with E-state index in [4.69, 9.17) is 0 Å². The Kier molecular flexibility index (Phi) is 3.86. The number of likely N-dealkylation sites (tertiary alicyclic amines) is 1. The van der Waals surface area contributed by atoms with Crippen LogP contribution in [0.25, 0.3) is 0 Å². The number of carbonyl (C=O) groups is 2. The Morgan fingerprint density at radius 3 is 2.55 bits per heavy atom. The zero-order valence-corrected chi connectivity index (χ0v) is 13.1. The van der Waals surface area contributed by atoms with Crippen molar-refractivity contribution < 1.29 is 14.7 Å². The second-order valence-corrected chi connectivity index (χ2v) is 7.18. The van der Waals surface area contributed by atoms with Gasteiger partial charge >= 0.3 is 5.97 Å². The van der Waals surface area contributed by atoms with Crippen molar-refractivity contribution in [1.29, 1.82) is 0 Å². The lowest BCUT2D eigenvalue weighted by Gasteiger charge is -2.20. The number of hydrogen-bond donors (Lipinski definition) is 1. The van der Waals surface area contributed by atoms with E-state index in [0.717, 1.165) is 11.4 Å². The molecule has 0 saturated carbocycles. The van der Waals surface area contributed by atoms with Crippen LogP contribution < -0.4 is 0 Å². The van der Waals surface area contributed by atoms with Gasteiger partial charge in [-0.15, -0.1) is 11.3 Å². The number of aliphatic carboxylic acids is 1. The summed E-state index contributed by atoms with van der Waals surface area (Å²) in [5.74, 6) is -1.12. The van der Waals surface area contributed by atoms with E-state index in [1.807, 2.05) is 6.92 Å². The minimum absolute atomic E-state index is 0.106. The molecule has 0 spiro atoms. The lowest BCUT2D eigenvalue weighted by atomic mass is 9.98. The molecule has 1 aromatic heterocycles. The van der Waals surface area contributed by atoms with E-state index in [9.17, 15) is 14.7 Å². The molecule has 1 fully saturated rings. The quantitative estimate of drug-likeness (QED) is 0.910. The molecule has 6 heteroatoms. The molecule has 0 radical (unpaired) electrons. The van der Waals surface area contributed by atoms with E-state index in [1.165, 1.54) is 16.2 Å². The van der Waals surface area contributed by atoms with Crippen molar-refractivity contribution >= 4 is 23.2 Å². The fourth-order valence-corrected chi connectivity index (χ4v) is 3.39. The van der Waals surface area contributed by atoms with Gasteiger partial charge in [-0.1, -0.05) is 20.8 Å². The van der Waals surface area contributed by atoms with Gasteiger partial charge in [0.1, 0.15) is 10.9 Å². The largest absolute Gasteiger partial charge is 0.480 e. The number of carboxylic acids is 1. The minimum atomic E-state index is -0.922. The number of carboxylic acid groups (broad SMARTS) is 1. The van der Waals surface area contributed by atoms with Gasteiger partial charge in [-0.25, -0.2) is 9.78 Å². The normalized spacial score (nSPS) is 19.4. The first-order chi connectivity index (χ1) is 9.21. The summed E-state index contributed by atoms with van der Waals surface area (Å²) in [6.45, 7) is 8.48. The Hall–Kier alpha value is -1.43. The Balaban J connectivity index is 2.30. The molecule has 2 heterocycles. The zero-order valence-electron chi connectivity index (χ0n) is 12.3. The van der Waals surface area contributed by atoms with Crippen LogP contribution in [0.5, 0.6) is 0 Å². The average Bonchev–Trinajstić information content (AvgIpc) is 2.92. The predicted molar refractivity (Wildman–Crippen MR) is 77.2 cm³/mol. The van der Waals surface area contributed by atoms with Gasteiger partial charge in [0.25, 0.3) is 5.91 Å². The molecular weight excluding hydrogens is 276 g/mol. The number of rotatable bonds is 2.